The molecule has 0 atom stereocenters. The van der Waals surface area contributed by atoms with Crippen molar-refractivity contribution >= 4 is 51.4 Å². The van der Waals surface area contributed by atoms with Crippen LogP contribution in [0.25, 0.3) is 10.1 Å². The molecule has 0 spiro atoms. The van der Waals surface area contributed by atoms with Gasteiger partial charge in [-0.2, -0.15) is 4.37 Å². The topological polar surface area (TPSA) is 39.7 Å². The van der Waals surface area contributed by atoms with Gasteiger partial charge in [0.05, 0.1) is 10.1 Å². The summed E-state index contributed by atoms with van der Waals surface area (Å²) in [7, 11) is 1.88. The lowest BCUT2D eigenvalue weighted by Gasteiger charge is -2.35. The van der Waals surface area contributed by atoms with Crippen LogP contribution in [0.5, 0.6) is 0 Å². The van der Waals surface area contributed by atoms with E-state index in [0.717, 1.165) is 56.2 Å². The minimum Gasteiger partial charge on any atom is -0.353 e. The second-order valence-electron chi connectivity index (χ2n) is 8.92. The number of nitrogens with zero attached hydrogens (tertiary/aromatic N) is 4. The van der Waals surface area contributed by atoms with E-state index < -0.39 is 5.41 Å². The van der Waals surface area contributed by atoms with E-state index in [9.17, 15) is 4.79 Å². The summed E-state index contributed by atoms with van der Waals surface area (Å²) in [6.07, 6.45) is 1.01. The third-order valence-electron chi connectivity index (χ3n) is 6.68. The molecule has 164 valence electrons. The zero-order chi connectivity index (χ0) is 20.9. The molecular formula is C24H29ClN4OS. The fraction of sp³-hybridized carbons (Fsp3) is 0.417. The van der Waals surface area contributed by atoms with Gasteiger partial charge in [-0.3, -0.25) is 9.69 Å². The average molecular weight is 457 g/mol. The molecule has 0 saturated carbocycles. The van der Waals surface area contributed by atoms with Gasteiger partial charge in [-0.15, -0.1) is 12.4 Å². The predicted octanol–water partition coefficient (Wildman–Crippen LogP) is 4.34. The second-order valence-corrected chi connectivity index (χ2v) is 9.73. The van der Waals surface area contributed by atoms with Gasteiger partial charge in [0.2, 0.25) is 5.91 Å². The molecule has 1 amide bonds. The van der Waals surface area contributed by atoms with Crippen molar-refractivity contribution in [2.45, 2.75) is 25.7 Å². The summed E-state index contributed by atoms with van der Waals surface area (Å²) < 4.78 is 5.98. The van der Waals surface area contributed by atoms with Crippen molar-refractivity contribution in [1.29, 1.82) is 0 Å². The summed E-state index contributed by atoms with van der Waals surface area (Å²) in [6, 6.07) is 15.0. The average Bonchev–Trinajstić information content (AvgIpc) is 3.27. The Morgan fingerprint density at radius 1 is 1.06 bits per heavy atom. The molecule has 31 heavy (non-hydrogen) atoms. The Hall–Kier alpha value is -2.15. The molecule has 1 saturated heterocycles. The van der Waals surface area contributed by atoms with E-state index in [0.29, 0.717) is 0 Å². The van der Waals surface area contributed by atoms with Crippen LogP contribution in [0.15, 0.2) is 42.5 Å². The molecule has 3 aromatic rings. The molecule has 0 bridgehead atoms. The van der Waals surface area contributed by atoms with Crippen LogP contribution in [0, 0.1) is 0 Å². The van der Waals surface area contributed by atoms with E-state index in [1.54, 1.807) is 16.4 Å². The SMILES string of the molecule is CN1C(=O)C(C)(C)c2cc(CCN3CCN(c4nsc5ccccc45)CC3)ccc21.Cl. The number of rotatable bonds is 4. The van der Waals surface area contributed by atoms with Crippen molar-refractivity contribution in [3.8, 4) is 0 Å². The summed E-state index contributed by atoms with van der Waals surface area (Å²) in [4.78, 5) is 19.3. The number of carbonyl (C=O) groups excluding carboxylic acids is 1. The van der Waals surface area contributed by atoms with Crippen molar-refractivity contribution in [1.82, 2.24) is 9.27 Å². The van der Waals surface area contributed by atoms with Crippen molar-refractivity contribution < 1.29 is 4.79 Å². The first-order chi connectivity index (χ1) is 14.4. The van der Waals surface area contributed by atoms with Crippen molar-refractivity contribution in [2.24, 2.45) is 0 Å². The van der Waals surface area contributed by atoms with Gasteiger partial charge in [-0.25, -0.2) is 0 Å². The normalized spacial score (nSPS) is 18.4. The van der Waals surface area contributed by atoms with Crippen LogP contribution in [0.2, 0.25) is 0 Å². The Bertz CT molecular complexity index is 1100. The van der Waals surface area contributed by atoms with Gasteiger partial charge in [0, 0.05) is 50.8 Å². The van der Waals surface area contributed by atoms with Crippen molar-refractivity contribution in [3.05, 3.63) is 53.6 Å². The molecule has 7 heteroatoms. The Labute approximate surface area is 194 Å². The maximum Gasteiger partial charge on any atom is 0.236 e. The van der Waals surface area contributed by atoms with Crippen LogP contribution in [-0.2, 0) is 16.6 Å². The number of aromatic nitrogens is 1. The highest BCUT2D eigenvalue weighted by Crippen LogP contribution is 2.41. The molecule has 0 unspecified atom stereocenters. The maximum absolute atomic E-state index is 12.5. The quantitative estimate of drug-likeness (QED) is 0.585. The summed E-state index contributed by atoms with van der Waals surface area (Å²) in [5.74, 6) is 1.32. The smallest absolute Gasteiger partial charge is 0.236 e. The van der Waals surface area contributed by atoms with Gasteiger partial charge in [-0.1, -0.05) is 24.3 Å². The molecule has 0 N–H and O–H groups in total. The van der Waals surface area contributed by atoms with E-state index in [4.69, 9.17) is 4.37 Å². The molecule has 1 aromatic heterocycles. The van der Waals surface area contributed by atoms with Gasteiger partial charge < -0.3 is 9.80 Å². The lowest BCUT2D eigenvalue weighted by molar-refractivity contribution is -0.121. The van der Waals surface area contributed by atoms with Gasteiger partial charge >= 0.3 is 0 Å². The molecule has 0 aliphatic carbocycles. The Morgan fingerprint density at radius 2 is 1.81 bits per heavy atom. The molecule has 0 radical (unpaired) electrons. The first kappa shape index (κ1) is 22.1. The van der Waals surface area contributed by atoms with E-state index in [2.05, 4.69) is 52.3 Å². The number of hydrogen-bond acceptors (Lipinski definition) is 5. The number of piperazine rings is 1. The van der Waals surface area contributed by atoms with E-state index in [-0.39, 0.29) is 18.3 Å². The van der Waals surface area contributed by atoms with E-state index in [1.165, 1.54) is 15.6 Å². The van der Waals surface area contributed by atoms with Gasteiger partial charge in [-0.05, 0) is 61.1 Å². The highest BCUT2D eigenvalue weighted by molar-refractivity contribution is 7.13. The third-order valence-corrected chi connectivity index (χ3v) is 7.50. The predicted molar refractivity (Wildman–Crippen MR) is 132 cm³/mol. The molecular weight excluding hydrogens is 428 g/mol. The summed E-state index contributed by atoms with van der Waals surface area (Å²) in [5, 5.41) is 1.27. The number of anilines is 2. The van der Waals surface area contributed by atoms with Crippen LogP contribution in [-0.4, -0.2) is 55.0 Å². The number of benzene rings is 2. The standard InChI is InChI=1S/C24H28N4OS.ClH/c1-24(2)19-16-17(8-9-20(19)26(3)23(24)29)10-11-27-12-14-28(15-13-27)22-18-6-4-5-7-21(18)30-25-22;/h4-9,16H,10-15H2,1-3H3;1H. The fourth-order valence-electron chi connectivity index (χ4n) is 4.75. The minimum atomic E-state index is -0.429. The maximum atomic E-state index is 12.5. The lowest BCUT2D eigenvalue weighted by atomic mass is 9.85. The monoisotopic (exact) mass is 456 g/mol. The number of amides is 1. The Balaban J connectivity index is 0.00000231. The summed E-state index contributed by atoms with van der Waals surface area (Å²) in [5.41, 5.74) is 3.10. The Morgan fingerprint density at radius 3 is 2.58 bits per heavy atom. The highest BCUT2D eigenvalue weighted by Gasteiger charge is 2.42. The lowest BCUT2D eigenvalue weighted by Crippen LogP contribution is -2.47. The van der Waals surface area contributed by atoms with Gasteiger partial charge in [0.25, 0.3) is 0 Å². The molecule has 5 rings (SSSR count). The molecule has 2 aliphatic rings. The molecule has 2 aliphatic heterocycles. The number of likely N-dealkylation sites (N-methyl/N-ethyl adjacent to an activating group) is 1. The number of hydrogen-bond donors (Lipinski definition) is 0. The molecule has 5 nitrogen and oxygen atoms in total. The Kier molecular flexibility index (Phi) is 5.99. The molecule has 3 heterocycles. The van der Waals surface area contributed by atoms with Crippen molar-refractivity contribution in [2.75, 3.05) is 49.6 Å². The van der Waals surface area contributed by atoms with Crippen LogP contribution in [0.3, 0.4) is 0 Å². The van der Waals surface area contributed by atoms with Gasteiger partial charge in [0.15, 0.2) is 0 Å². The number of fused-ring (bicyclic) bond motifs is 2. The summed E-state index contributed by atoms with van der Waals surface area (Å²) >= 11 is 1.59. The van der Waals surface area contributed by atoms with E-state index >= 15 is 0 Å². The van der Waals surface area contributed by atoms with E-state index in [1.807, 2.05) is 20.9 Å². The number of halogens is 1. The molecule has 2 aromatic carbocycles. The fourth-order valence-corrected chi connectivity index (χ4v) is 5.54. The minimum absolute atomic E-state index is 0. The zero-order valence-electron chi connectivity index (χ0n) is 18.3. The van der Waals surface area contributed by atoms with Crippen LogP contribution in [0.4, 0.5) is 11.5 Å². The molecule has 1 fully saturated rings. The highest BCUT2D eigenvalue weighted by atomic mass is 35.5. The zero-order valence-corrected chi connectivity index (χ0v) is 19.9. The number of carbonyl (C=O) groups is 1. The van der Waals surface area contributed by atoms with Crippen LogP contribution in [0.1, 0.15) is 25.0 Å². The largest absolute Gasteiger partial charge is 0.353 e. The van der Waals surface area contributed by atoms with Gasteiger partial charge in [0.1, 0.15) is 5.82 Å². The summed E-state index contributed by atoms with van der Waals surface area (Å²) in [6.45, 7) is 9.27. The third kappa shape index (κ3) is 3.81. The first-order valence-corrected chi connectivity index (χ1v) is 11.5. The first-order valence-electron chi connectivity index (χ1n) is 10.7. The second kappa shape index (κ2) is 8.41. The van der Waals surface area contributed by atoms with Crippen LogP contribution < -0.4 is 9.80 Å². The van der Waals surface area contributed by atoms with Crippen molar-refractivity contribution in [3.63, 3.8) is 0 Å². The van der Waals surface area contributed by atoms with Crippen LogP contribution >= 0.6 is 23.9 Å².